The van der Waals surface area contributed by atoms with Crippen LogP contribution in [0, 0.1) is 5.82 Å². The number of nitrogens with one attached hydrogen (secondary N) is 1. The number of hydrogen-bond donors (Lipinski definition) is 3. The molecule has 256 valence electrons. The van der Waals surface area contributed by atoms with Crippen molar-refractivity contribution in [2.75, 3.05) is 13.7 Å². The van der Waals surface area contributed by atoms with Gasteiger partial charge in [0.05, 0.1) is 36.2 Å². The van der Waals surface area contributed by atoms with E-state index < -0.39 is 54.5 Å². The van der Waals surface area contributed by atoms with Crippen molar-refractivity contribution in [3.05, 3.63) is 76.2 Å². The largest absolute Gasteiger partial charge is 0.493 e. The standard InChI is InChI=1S/C34H41ClF4N2O5Si/c1-31(2,18-32(3,4)47(6,7)44)22-16-26(20-8-12-25(36)24(35)14-20)41-29(17-22)33(43,34(37,38)39)19-40-30(42)21-9-13-27(28(15-21)45-5)46-23-10-11-23/h8-9,12-17,23,43-44H,10-11,18-19H2,1-7H3,(H,40,42). The number of pyridine rings is 1. The summed E-state index contributed by atoms with van der Waals surface area (Å²) in [7, 11) is -1.36. The van der Waals surface area contributed by atoms with Crippen LogP contribution in [0.1, 0.15) is 68.6 Å². The molecule has 3 aromatic rings. The third-order valence-corrected chi connectivity index (χ3v) is 12.8. The van der Waals surface area contributed by atoms with Crippen molar-refractivity contribution in [1.82, 2.24) is 10.3 Å². The first-order valence-corrected chi connectivity index (χ1v) is 18.5. The summed E-state index contributed by atoms with van der Waals surface area (Å²) in [5, 5.41) is 12.8. The van der Waals surface area contributed by atoms with Crippen molar-refractivity contribution in [3.8, 4) is 22.8 Å². The minimum atomic E-state index is -5.29. The summed E-state index contributed by atoms with van der Waals surface area (Å²) in [6.07, 6.45) is -3.07. The number of methoxy groups -OCH3 is 1. The molecule has 0 saturated heterocycles. The van der Waals surface area contributed by atoms with Gasteiger partial charge in [-0.3, -0.25) is 4.79 Å². The van der Waals surface area contributed by atoms with Gasteiger partial charge in [-0.1, -0.05) is 39.3 Å². The monoisotopic (exact) mass is 696 g/mol. The van der Waals surface area contributed by atoms with Crippen LogP contribution in [0.3, 0.4) is 0 Å². The fourth-order valence-electron chi connectivity index (χ4n) is 5.28. The first-order chi connectivity index (χ1) is 21.6. The molecule has 1 aliphatic rings. The maximum Gasteiger partial charge on any atom is 0.424 e. The van der Waals surface area contributed by atoms with Crippen molar-refractivity contribution in [1.29, 1.82) is 0 Å². The average molecular weight is 697 g/mol. The summed E-state index contributed by atoms with van der Waals surface area (Å²) in [5.41, 5.74) is -4.62. The molecule has 0 aliphatic heterocycles. The first-order valence-electron chi connectivity index (χ1n) is 15.2. The van der Waals surface area contributed by atoms with E-state index in [2.05, 4.69) is 10.3 Å². The van der Waals surface area contributed by atoms with E-state index in [1.54, 1.807) is 19.2 Å². The van der Waals surface area contributed by atoms with Crippen LogP contribution in [-0.2, 0) is 11.0 Å². The minimum absolute atomic E-state index is 0.00276. The van der Waals surface area contributed by atoms with E-state index in [4.69, 9.17) is 21.1 Å². The summed E-state index contributed by atoms with van der Waals surface area (Å²) in [6.45, 7) is 9.79. The Bertz CT molecular complexity index is 1640. The first kappa shape index (κ1) is 36.6. The number of rotatable bonds is 12. The maximum atomic E-state index is 14.9. The zero-order valence-corrected chi connectivity index (χ0v) is 29.2. The number of benzene rings is 2. The van der Waals surface area contributed by atoms with E-state index in [-0.39, 0.29) is 33.7 Å². The molecule has 0 bridgehead atoms. The Morgan fingerprint density at radius 2 is 1.70 bits per heavy atom. The van der Waals surface area contributed by atoms with E-state index >= 15 is 0 Å². The summed E-state index contributed by atoms with van der Waals surface area (Å²) in [6, 6.07) is 10.6. The van der Waals surface area contributed by atoms with Crippen LogP contribution in [-0.4, -0.2) is 55.0 Å². The van der Waals surface area contributed by atoms with E-state index in [0.29, 0.717) is 17.7 Å². The Morgan fingerprint density at radius 3 is 2.26 bits per heavy atom. The van der Waals surface area contributed by atoms with Crippen LogP contribution in [0.15, 0.2) is 48.5 Å². The topological polar surface area (TPSA) is 101 Å². The third-order valence-electron chi connectivity index (χ3n) is 9.00. The van der Waals surface area contributed by atoms with Crippen LogP contribution < -0.4 is 14.8 Å². The van der Waals surface area contributed by atoms with Gasteiger partial charge in [0.25, 0.3) is 5.91 Å². The van der Waals surface area contributed by atoms with Crippen LogP contribution in [0.4, 0.5) is 17.6 Å². The highest BCUT2D eigenvalue weighted by Crippen LogP contribution is 2.48. The third kappa shape index (κ3) is 8.10. The van der Waals surface area contributed by atoms with Crippen molar-refractivity contribution < 1.29 is 41.7 Å². The van der Waals surface area contributed by atoms with Gasteiger partial charge in [-0.15, -0.1) is 0 Å². The number of amides is 1. The fourth-order valence-corrected chi connectivity index (χ4v) is 6.33. The van der Waals surface area contributed by atoms with E-state index in [1.807, 2.05) is 27.7 Å². The number of nitrogens with zero attached hydrogens (tertiary/aromatic N) is 1. The van der Waals surface area contributed by atoms with E-state index in [9.17, 15) is 32.3 Å². The highest BCUT2D eigenvalue weighted by atomic mass is 35.5. The SMILES string of the molecule is COc1cc(C(=O)NCC(O)(c2cc(C(C)(C)CC(C)(C)[Si](C)(C)O)cc(-c3ccc(F)c(Cl)c3)n2)C(F)(F)F)ccc1OC1CC1. The van der Waals surface area contributed by atoms with Gasteiger partial charge in [-0.2, -0.15) is 13.2 Å². The lowest BCUT2D eigenvalue weighted by atomic mass is 9.76. The number of carbonyl (C=O) groups is 1. The Balaban J connectivity index is 1.77. The summed E-state index contributed by atoms with van der Waals surface area (Å²) >= 11 is 6.02. The van der Waals surface area contributed by atoms with Crippen molar-refractivity contribution in [2.24, 2.45) is 0 Å². The highest BCUT2D eigenvalue weighted by Gasteiger charge is 2.57. The molecule has 1 fully saturated rings. The summed E-state index contributed by atoms with van der Waals surface area (Å²) in [5.74, 6) is -0.956. The second kappa shape index (κ2) is 13.0. The number of alkyl halides is 3. The molecule has 3 N–H and O–H groups in total. The zero-order valence-electron chi connectivity index (χ0n) is 27.5. The maximum absolute atomic E-state index is 14.9. The molecular formula is C34H41ClF4N2O5Si. The molecule has 2 aromatic carbocycles. The zero-order chi connectivity index (χ0) is 35.2. The number of halogens is 5. The molecule has 47 heavy (non-hydrogen) atoms. The second-order valence-corrected chi connectivity index (χ2v) is 18.9. The molecular weight excluding hydrogens is 656 g/mol. The lowest BCUT2D eigenvalue weighted by Gasteiger charge is -2.42. The Morgan fingerprint density at radius 1 is 1.04 bits per heavy atom. The number of aliphatic hydroxyl groups is 1. The molecule has 1 aliphatic carbocycles. The fraction of sp³-hybridized carbons (Fsp3) is 0.471. The normalized spacial score (nSPS) is 15.6. The number of aromatic nitrogens is 1. The van der Waals surface area contributed by atoms with Crippen LogP contribution in [0.2, 0.25) is 23.2 Å². The molecule has 0 radical (unpaired) electrons. The number of hydrogen-bond acceptors (Lipinski definition) is 6. The molecule has 0 spiro atoms. The van der Waals surface area contributed by atoms with E-state index in [1.165, 1.54) is 43.5 Å². The van der Waals surface area contributed by atoms with Crippen LogP contribution in [0.5, 0.6) is 11.5 Å². The highest BCUT2D eigenvalue weighted by molar-refractivity contribution is 6.72. The smallest absolute Gasteiger partial charge is 0.424 e. The Labute approximate surface area is 278 Å². The van der Waals surface area contributed by atoms with Crippen molar-refractivity contribution in [2.45, 2.75) is 88.4 Å². The predicted octanol–water partition coefficient (Wildman–Crippen LogP) is 7.92. The van der Waals surface area contributed by atoms with Gasteiger partial charge in [-0.25, -0.2) is 9.37 Å². The molecule has 13 heteroatoms. The van der Waals surface area contributed by atoms with Gasteiger partial charge in [-0.05, 0) is 96.9 Å². The molecule has 4 rings (SSSR count). The predicted molar refractivity (Wildman–Crippen MR) is 175 cm³/mol. The molecule has 1 heterocycles. The lowest BCUT2D eigenvalue weighted by molar-refractivity contribution is -0.265. The Hall–Kier alpha value is -3.19. The van der Waals surface area contributed by atoms with Gasteiger partial charge in [0, 0.05) is 11.1 Å². The molecule has 1 atom stereocenters. The molecule has 1 amide bonds. The second-order valence-electron chi connectivity index (χ2n) is 14.0. The van der Waals surface area contributed by atoms with Gasteiger partial charge in [0.2, 0.25) is 5.60 Å². The summed E-state index contributed by atoms with van der Waals surface area (Å²) < 4.78 is 69.7. The van der Waals surface area contributed by atoms with Gasteiger partial charge in [0.1, 0.15) is 5.82 Å². The average Bonchev–Trinajstić information content (AvgIpc) is 3.79. The van der Waals surface area contributed by atoms with Crippen molar-refractivity contribution >= 4 is 25.8 Å². The molecule has 1 aromatic heterocycles. The van der Waals surface area contributed by atoms with Gasteiger partial charge in [0.15, 0.2) is 19.8 Å². The number of carbonyl (C=O) groups excluding carboxylic acids is 1. The van der Waals surface area contributed by atoms with Crippen LogP contribution in [0.25, 0.3) is 11.3 Å². The Kier molecular flexibility index (Phi) is 10.1. The number of ether oxygens (including phenoxy) is 2. The van der Waals surface area contributed by atoms with Crippen molar-refractivity contribution in [3.63, 3.8) is 0 Å². The molecule has 7 nitrogen and oxygen atoms in total. The van der Waals surface area contributed by atoms with Gasteiger partial charge >= 0.3 is 6.18 Å². The quantitative estimate of drug-likeness (QED) is 0.131. The minimum Gasteiger partial charge on any atom is -0.493 e. The lowest BCUT2D eigenvalue weighted by Crippen LogP contribution is -2.51. The summed E-state index contributed by atoms with van der Waals surface area (Å²) in [4.78, 5) is 28.3. The molecule has 1 unspecified atom stereocenters. The van der Waals surface area contributed by atoms with E-state index in [0.717, 1.165) is 18.9 Å². The van der Waals surface area contributed by atoms with Crippen LogP contribution >= 0.6 is 11.6 Å². The molecule has 1 saturated carbocycles. The van der Waals surface area contributed by atoms with Gasteiger partial charge < -0.3 is 24.7 Å².